The maximum atomic E-state index is 13.2. The van der Waals surface area contributed by atoms with Crippen molar-refractivity contribution in [2.45, 2.75) is 12.7 Å². The Kier molecular flexibility index (Phi) is 5.11. The van der Waals surface area contributed by atoms with Crippen LogP contribution in [0.5, 0.6) is 0 Å². The average Bonchev–Trinajstić information content (AvgIpc) is 2.34. The lowest BCUT2D eigenvalue weighted by Crippen LogP contribution is -2.42. The largest absolute Gasteiger partial charge is 0.409 e. The van der Waals surface area contributed by atoms with Crippen molar-refractivity contribution in [2.75, 3.05) is 6.54 Å². The fourth-order valence-electron chi connectivity index (χ4n) is 1.45. The summed E-state index contributed by atoms with van der Waals surface area (Å²) in [4.78, 5) is 0. The van der Waals surface area contributed by atoms with E-state index in [1.807, 2.05) is 0 Å². The second-order valence-electron chi connectivity index (χ2n) is 3.84. The molecule has 0 aliphatic heterocycles. The highest BCUT2D eigenvalue weighted by molar-refractivity contribution is 5.83. The molecule has 106 valence electrons. The van der Waals surface area contributed by atoms with Crippen LogP contribution in [0.1, 0.15) is 5.56 Å². The van der Waals surface area contributed by atoms with E-state index in [2.05, 4.69) is 10.5 Å². The van der Waals surface area contributed by atoms with Crippen molar-refractivity contribution in [1.29, 1.82) is 0 Å². The zero-order chi connectivity index (χ0) is 14.5. The highest BCUT2D eigenvalue weighted by Crippen LogP contribution is 2.25. The zero-order valence-electron chi connectivity index (χ0n) is 9.78. The molecule has 1 rings (SSSR count). The van der Waals surface area contributed by atoms with E-state index in [0.29, 0.717) is 0 Å². The van der Waals surface area contributed by atoms with Crippen LogP contribution in [0.3, 0.4) is 0 Å². The second kappa shape index (κ2) is 6.37. The van der Waals surface area contributed by atoms with Crippen LogP contribution in [-0.4, -0.2) is 23.8 Å². The fraction of sp³-hybridized carbons (Fsp3) is 0.364. The van der Waals surface area contributed by atoms with Crippen LogP contribution in [0.4, 0.5) is 17.6 Å². The van der Waals surface area contributed by atoms with Crippen LogP contribution < -0.4 is 11.1 Å². The van der Waals surface area contributed by atoms with Gasteiger partial charge in [-0.2, -0.15) is 13.2 Å². The molecule has 1 aromatic carbocycles. The summed E-state index contributed by atoms with van der Waals surface area (Å²) in [6.45, 7) is -0.689. The van der Waals surface area contributed by atoms with Crippen molar-refractivity contribution < 1.29 is 22.8 Å². The highest BCUT2D eigenvalue weighted by atomic mass is 19.4. The first-order valence-corrected chi connectivity index (χ1v) is 5.34. The van der Waals surface area contributed by atoms with Gasteiger partial charge in [0.15, 0.2) is 5.84 Å². The summed E-state index contributed by atoms with van der Waals surface area (Å²) >= 11 is 0. The molecule has 0 bridgehead atoms. The van der Waals surface area contributed by atoms with E-state index in [1.165, 1.54) is 18.2 Å². The van der Waals surface area contributed by atoms with Gasteiger partial charge in [0, 0.05) is 18.7 Å². The van der Waals surface area contributed by atoms with Gasteiger partial charge in [-0.15, -0.1) is 0 Å². The smallest absolute Gasteiger partial charge is 0.400 e. The van der Waals surface area contributed by atoms with Gasteiger partial charge in [0.2, 0.25) is 0 Å². The first-order chi connectivity index (χ1) is 8.86. The lowest BCUT2D eigenvalue weighted by atomic mass is 10.1. The Bertz CT molecular complexity index is 448. The predicted molar refractivity (Wildman–Crippen MR) is 61.1 cm³/mol. The number of amidine groups is 1. The van der Waals surface area contributed by atoms with Crippen LogP contribution >= 0.6 is 0 Å². The molecule has 0 amide bonds. The Morgan fingerprint density at radius 1 is 1.37 bits per heavy atom. The highest BCUT2D eigenvalue weighted by Gasteiger charge is 2.42. The molecule has 0 fully saturated rings. The number of hydrogen-bond donors (Lipinski definition) is 3. The average molecular weight is 279 g/mol. The van der Waals surface area contributed by atoms with Gasteiger partial charge in [-0.1, -0.05) is 23.4 Å². The summed E-state index contributed by atoms with van der Waals surface area (Å²) in [6.07, 6.45) is -4.64. The lowest BCUT2D eigenvalue weighted by Gasteiger charge is -2.19. The summed E-state index contributed by atoms with van der Waals surface area (Å²) in [5.74, 6) is -3.57. The van der Waals surface area contributed by atoms with E-state index in [4.69, 9.17) is 10.9 Å². The van der Waals surface area contributed by atoms with Gasteiger partial charge in [0.25, 0.3) is 0 Å². The molecule has 8 heteroatoms. The first-order valence-electron chi connectivity index (χ1n) is 5.34. The van der Waals surface area contributed by atoms with Crippen LogP contribution in [0.2, 0.25) is 0 Å². The minimum absolute atomic E-state index is 0.0854. The van der Waals surface area contributed by atoms with Crippen molar-refractivity contribution in [3.05, 3.63) is 35.6 Å². The topological polar surface area (TPSA) is 70.6 Å². The van der Waals surface area contributed by atoms with E-state index in [9.17, 15) is 17.6 Å². The Labute approximate surface area is 106 Å². The number of nitrogens with two attached hydrogens (primary N) is 1. The summed E-state index contributed by atoms with van der Waals surface area (Å²) in [5, 5.41) is 13.1. The molecule has 0 radical (unpaired) electrons. The molecule has 4 nitrogen and oxygen atoms in total. The number of hydrogen-bond acceptors (Lipinski definition) is 3. The van der Waals surface area contributed by atoms with E-state index < -0.39 is 30.3 Å². The van der Waals surface area contributed by atoms with Crippen molar-refractivity contribution >= 4 is 5.84 Å². The van der Waals surface area contributed by atoms with Gasteiger partial charge < -0.3 is 16.3 Å². The molecule has 0 aromatic heterocycles. The minimum Gasteiger partial charge on any atom is -0.409 e. The Balaban J connectivity index is 2.61. The Morgan fingerprint density at radius 2 is 2.00 bits per heavy atom. The number of benzene rings is 1. The monoisotopic (exact) mass is 279 g/mol. The van der Waals surface area contributed by atoms with Gasteiger partial charge in [0.1, 0.15) is 11.7 Å². The summed E-state index contributed by atoms with van der Waals surface area (Å²) in [5.41, 5.74) is 5.22. The molecule has 0 saturated heterocycles. The molecule has 0 aliphatic carbocycles. The molecule has 1 unspecified atom stereocenters. The number of alkyl halides is 3. The van der Waals surface area contributed by atoms with Crippen LogP contribution in [0, 0.1) is 11.7 Å². The molecule has 0 heterocycles. The van der Waals surface area contributed by atoms with Gasteiger partial charge >= 0.3 is 6.18 Å². The molecule has 4 N–H and O–H groups in total. The quantitative estimate of drug-likeness (QED) is 0.253. The third-order valence-electron chi connectivity index (χ3n) is 2.49. The summed E-state index contributed by atoms with van der Waals surface area (Å²) in [7, 11) is 0. The maximum absolute atomic E-state index is 13.2. The Morgan fingerprint density at radius 3 is 2.53 bits per heavy atom. The second-order valence-corrected chi connectivity index (χ2v) is 3.84. The zero-order valence-corrected chi connectivity index (χ0v) is 9.78. The van der Waals surface area contributed by atoms with E-state index >= 15 is 0 Å². The maximum Gasteiger partial charge on any atom is 0.400 e. The van der Waals surface area contributed by atoms with E-state index in [1.54, 1.807) is 6.07 Å². The van der Waals surface area contributed by atoms with Gasteiger partial charge in [-0.25, -0.2) is 4.39 Å². The number of oxime groups is 1. The van der Waals surface area contributed by atoms with Gasteiger partial charge in [-0.05, 0) is 6.07 Å². The van der Waals surface area contributed by atoms with Crippen molar-refractivity contribution in [1.82, 2.24) is 5.32 Å². The van der Waals surface area contributed by atoms with Crippen molar-refractivity contribution in [3.8, 4) is 0 Å². The summed E-state index contributed by atoms with van der Waals surface area (Å²) in [6, 6.07) is 5.72. The Hall–Kier alpha value is -1.83. The summed E-state index contributed by atoms with van der Waals surface area (Å²) < 4.78 is 51.0. The molecule has 19 heavy (non-hydrogen) atoms. The molecule has 0 saturated carbocycles. The first kappa shape index (κ1) is 15.2. The van der Waals surface area contributed by atoms with Gasteiger partial charge in [0.05, 0.1) is 0 Å². The lowest BCUT2D eigenvalue weighted by molar-refractivity contribution is -0.154. The van der Waals surface area contributed by atoms with Crippen LogP contribution in [0.15, 0.2) is 29.4 Å². The third kappa shape index (κ3) is 4.40. The van der Waals surface area contributed by atoms with Crippen LogP contribution in [0.25, 0.3) is 0 Å². The normalized spacial score (nSPS) is 14.4. The number of halogens is 4. The van der Waals surface area contributed by atoms with Crippen molar-refractivity contribution in [2.24, 2.45) is 16.8 Å². The van der Waals surface area contributed by atoms with E-state index in [0.717, 1.165) is 0 Å². The van der Waals surface area contributed by atoms with Crippen LogP contribution in [-0.2, 0) is 6.54 Å². The van der Waals surface area contributed by atoms with Gasteiger partial charge in [-0.3, -0.25) is 0 Å². The standard InChI is InChI=1S/C11H13F4N3O/c12-9-4-2-1-3-7(9)5-17-6-8(10(16)18-19)11(13,14)15/h1-4,8,17,19H,5-6H2,(H2,16,18). The molecule has 0 spiro atoms. The predicted octanol–water partition coefficient (Wildman–Crippen LogP) is 1.84. The minimum atomic E-state index is -4.64. The number of rotatable bonds is 5. The number of nitrogens with one attached hydrogen (secondary N) is 1. The third-order valence-corrected chi connectivity index (χ3v) is 2.49. The SMILES string of the molecule is N/C(=N/O)C(CNCc1ccccc1F)C(F)(F)F. The fourth-order valence-corrected chi connectivity index (χ4v) is 1.45. The molecule has 0 aliphatic rings. The van der Waals surface area contributed by atoms with E-state index in [-0.39, 0.29) is 12.1 Å². The molecular weight excluding hydrogens is 266 g/mol. The molecular formula is C11H13F4N3O. The van der Waals surface area contributed by atoms with Crippen molar-refractivity contribution in [3.63, 3.8) is 0 Å². The molecule has 1 aromatic rings. The molecule has 1 atom stereocenters. The number of nitrogens with zero attached hydrogens (tertiary/aromatic N) is 1.